The van der Waals surface area contributed by atoms with Crippen molar-refractivity contribution in [1.29, 1.82) is 0 Å². The quantitative estimate of drug-likeness (QED) is 0.739. The van der Waals surface area contributed by atoms with Crippen LogP contribution in [0.25, 0.3) is 0 Å². The lowest BCUT2D eigenvalue weighted by Gasteiger charge is -2.17. The van der Waals surface area contributed by atoms with Crippen molar-refractivity contribution in [2.75, 3.05) is 10.6 Å². The molecule has 130 valence electrons. The first kappa shape index (κ1) is 17.4. The first-order chi connectivity index (χ1) is 12.6. The third-order valence-electron chi connectivity index (χ3n) is 3.83. The molecular weight excluding hydrogens is 326 g/mol. The lowest BCUT2D eigenvalue weighted by molar-refractivity contribution is -0.117. The van der Waals surface area contributed by atoms with Crippen LogP contribution in [0.15, 0.2) is 79.0 Å². The Morgan fingerprint density at radius 1 is 0.846 bits per heavy atom. The van der Waals surface area contributed by atoms with Gasteiger partial charge >= 0.3 is 0 Å². The number of pyridine rings is 1. The molecular formula is C21H19N3O2. The number of nitrogens with zero attached hydrogens (tertiary/aromatic N) is 1. The first-order valence-electron chi connectivity index (χ1n) is 8.28. The van der Waals surface area contributed by atoms with Crippen LogP contribution in [-0.4, -0.2) is 16.8 Å². The van der Waals surface area contributed by atoms with Gasteiger partial charge in [0.25, 0.3) is 0 Å². The van der Waals surface area contributed by atoms with E-state index in [1.165, 1.54) is 6.92 Å². The minimum absolute atomic E-state index is 0.163. The number of rotatable bonds is 5. The molecule has 0 saturated carbocycles. The number of anilines is 2. The van der Waals surface area contributed by atoms with Crippen molar-refractivity contribution in [2.24, 2.45) is 0 Å². The number of carbonyl (C=O) groups is 2. The van der Waals surface area contributed by atoms with Crippen LogP contribution in [0.2, 0.25) is 0 Å². The maximum absolute atomic E-state index is 13.0. The van der Waals surface area contributed by atoms with Gasteiger partial charge in [0, 0.05) is 24.5 Å². The standard InChI is InChI=1S/C21H19N3O2/c1-15(25)23-17-10-7-11-18(14-17)24-21(26)20(16-8-3-2-4-9-16)19-12-5-6-13-22-19/h2-14,20H,1H3,(H,23,25)(H,24,26). The summed E-state index contributed by atoms with van der Waals surface area (Å²) in [6.45, 7) is 1.44. The molecule has 1 unspecified atom stereocenters. The van der Waals surface area contributed by atoms with Crippen molar-refractivity contribution >= 4 is 23.2 Å². The Morgan fingerprint density at radius 2 is 1.54 bits per heavy atom. The monoisotopic (exact) mass is 345 g/mol. The normalized spacial score (nSPS) is 11.4. The average molecular weight is 345 g/mol. The zero-order valence-electron chi connectivity index (χ0n) is 14.3. The lowest BCUT2D eigenvalue weighted by atomic mass is 9.94. The van der Waals surface area contributed by atoms with Gasteiger partial charge in [-0.15, -0.1) is 0 Å². The predicted molar refractivity (Wildman–Crippen MR) is 102 cm³/mol. The van der Waals surface area contributed by atoms with Crippen LogP contribution in [0, 0.1) is 0 Å². The maximum Gasteiger partial charge on any atom is 0.237 e. The van der Waals surface area contributed by atoms with Gasteiger partial charge in [0.15, 0.2) is 0 Å². The van der Waals surface area contributed by atoms with Gasteiger partial charge in [-0.25, -0.2) is 0 Å². The molecule has 3 aromatic rings. The molecule has 0 radical (unpaired) electrons. The van der Waals surface area contributed by atoms with E-state index in [9.17, 15) is 9.59 Å². The van der Waals surface area contributed by atoms with Crippen LogP contribution >= 0.6 is 0 Å². The molecule has 0 aliphatic carbocycles. The SMILES string of the molecule is CC(=O)Nc1cccc(NC(=O)C(c2ccccc2)c2ccccn2)c1. The molecule has 26 heavy (non-hydrogen) atoms. The summed E-state index contributed by atoms with van der Waals surface area (Å²) in [6, 6.07) is 22.1. The Kier molecular flexibility index (Phi) is 5.39. The van der Waals surface area contributed by atoms with Gasteiger partial charge in [-0.3, -0.25) is 14.6 Å². The fourth-order valence-electron chi connectivity index (χ4n) is 2.74. The van der Waals surface area contributed by atoms with Crippen molar-refractivity contribution in [3.63, 3.8) is 0 Å². The van der Waals surface area contributed by atoms with E-state index in [4.69, 9.17) is 0 Å². The van der Waals surface area contributed by atoms with Gasteiger partial charge in [-0.1, -0.05) is 42.5 Å². The highest BCUT2D eigenvalue weighted by Crippen LogP contribution is 2.25. The number of hydrogen-bond acceptors (Lipinski definition) is 3. The third kappa shape index (κ3) is 4.33. The molecule has 2 amide bonds. The molecule has 0 spiro atoms. The maximum atomic E-state index is 13.0. The van der Waals surface area contributed by atoms with Crippen LogP contribution in [0.1, 0.15) is 24.1 Å². The average Bonchev–Trinajstić information content (AvgIpc) is 2.63. The molecule has 1 atom stereocenters. The number of benzene rings is 2. The zero-order chi connectivity index (χ0) is 18.4. The van der Waals surface area contributed by atoms with Crippen molar-refractivity contribution in [2.45, 2.75) is 12.8 Å². The van der Waals surface area contributed by atoms with E-state index in [2.05, 4.69) is 15.6 Å². The molecule has 0 aliphatic heterocycles. The summed E-state index contributed by atoms with van der Waals surface area (Å²) in [4.78, 5) is 28.6. The fourth-order valence-corrected chi connectivity index (χ4v) is 2.74. The molecule has 0 bridgehead atoms. The van der Waals surface area contributed by atoms with Gasteiger partial charge in [-0.05, 0) is 35.9 Å². The first-order valence-corrected chi connectivity index (χ1v) is 8.28. The second kappa shape index (κ2) is 8.07. The number of aromatic nitrogens is 1. The number of carbonyl (C=O) groups excluding carboxylic acids is 2. The summed E-state index contributed by atoms with van der Waals surface area (Å²) < 4.78 is 0. The van der Waals surface area contributed by atoms with Gasteiger partial charge in [-0.2, -0.15) is 0 Å². The van der Waals surface area contributed by atoms with Crippen molar-refractivity contribution in [3.8, 4) is 0 Å². The molecule has 5 nitrogen and oxygen atoms in total. The Morgan fingerprint density at radius 3 is 2.19 bits per heavy atom. The summed E-state index contributed by atoms with van der Waals surface area (Å²) in [7, 11) is 0. The van der Waals surface area contributed by atoms with Gasteiger partial charge in [0.2, 0.25) is 11.8 Å². The smallest absolute Gasteiger partial charge is 0.237 e. The summed E-state index contributed by atoms with van der Waals surface area (Å²) in [6.07, 6.45) is 1.68. The predicted octanol–water partition coefficient (Wildman–Crippen LogP) is 3.81. The Balaban J connectivity index is 1.88. The van der Waals surface area contributed by atoms with Gasteiger partial charge in [0.05, 0.1) is 5.69 Å². The molecule has 0 fully saturated rings. The minimum atomic E-state index is -0.526. The number of hydrogen-bond donors (Lipinski definition) is 2. The molecule has 1 heterocycles. The number of amides is 2. The van der Waals surface area contributed by atoms with Gasteiger partial charge < -0.3 is 10.6 Å². The highest BCUT2D eigenvalue weighted by atomic mass is 16.2. The van der Waals surface area contributed by atoms with E-state index in [1.807, 2.05) is 48.5 Å². The minimum Gasteiger partial charge on any atom is -0.326 e. The lowest BCUT2D eigenvalue weighted by Crippen LogP contribution is -2.23. The molecule has 3 rings (SSSR count). The highest BCUT2D eigenvalue weighted by molar-refractivity contribution is 5.98. The van der Waals surface area contributed by atoms with Crippen molar-refractivity contribution < 1.29 is 9.59 Å². The molecule has 1 aromatic heterocycles. The summed E-state index contributed by atoms with van der Waals surface area (Å²) in [5, 5.41) is 5.63. The van der Waals surface area contributed by atoms with E-state index in [0.29, 0.717) is 17.1 Å². The van der Waals surface area contributed by atoms with Crippen LogP contribution in [0.3, 0.4) is 0 Å². The van der Waals surface area contributed by atoms with Crippen molar-refractivity contribution in [3.05, 3.63) is 90.3 Å². The number of nitrogens with one attached hydrogen (secondary N) is 2. The van der Waals surface area contributed by atoms with E-state index >= 15 is 0 Å². The summed E-state index contributed by atoms with van der Waals surface area (Å²) >= 11 is 0. The van der Waals surface area contributed by atoms with E-state index in [0.717, 1.165) is 5.56 Å². The second-order valence-electron chi connectivity index (χ2n) is 5.85. The third-order valence-corrected chi connectivity index (χ3v) is 3.83. The largest absolute Gasteiger partial charge is 0.326 e. The topological polar surface area (TPSA) is 71.1 Å². The van der Waals surface area contributed by atoms with Crippen LogP contribution in [0.5, 0.6) is 0 Å². The van der Waals surface area contributed by atoms with Crippen LogP contribution in [0.4, 0.5) is 11.4 Å². The van der Waals surface area contributed by atoms with E-state index in [1.54, 1.807) is 30.5 Å². The fraction of sp³-hybridized carbons (Fsp3) is 0.0952. The van der Waals surface area contributed by atoms with Crippen molar-refractivity contribution in [1.82, 2.24) is 4.98 Å². The Labute approximate surface area is 152 Å². The zero-order valence-corrected chi connectivity index (χ0v) is 14.3. The van der Waals surface area contributed by atoms with Crippen LogP contribution < -0.4 is 10.6 Å². The Hall–Kier alpha value is -3.47. The van der Waals surface area contributed by atoms with E-state index in [-0.39, 0.29) is 11.8 Å². The molecule has 2 aromatic carbocycles. The van der Waals surface area contributed by atoms with Crippen LogP contribution in [-0.2, 0) is 9.59 Å². The Bertz CT molecular complexity index is 856. The molecule has 0 saturated heterocycles. The second-order valence-corrected chi connectivity index (χ2v) is 5.85. The van der Waals surface area contributed by atoms with Gasteiger partial charge in [0.1, 0.15) is 5.92 Å². The highest BCUT2D eigenvalue weighted by Gasteiger charge is 2.24. The summed E-state index contributed by atoms with van der Waals surface area (Å²) in [5.41, 5.74) is 2.78. The molecule has 2 N–H and O–H groups in total. The molecule has 5 heteroatoms. The summed E-state index contributed by atoms with van der Waals surface area (Å²) in [5.74, 6) is -0.874. The molecule has 0 aliphatic rings. The van der Waals surface area contributed by atoms with E-state index < -0.39 is 5.92 Å².